The SMILES string of the molecule is C[C@@H](CCC(=O)O)C(=O)N[C@@H](CCCCN)C(=O)C(=O)NCc1ccccc1.Cl. The lowest BCUT2D eigenvalue weighted by Crippen LogP contribution is -2.48. The van der Waals surface area contributed by atoms with E-state index in [1.54, 1.807) is 6.92 Å². The summed E-state index contributed by atoms with van der Waals surface area (Å²) in [6.07, 6.45) is 1.57. The number of carboxylic acid groups (broad SMARTS) is 1. The molecule has 0 saturated heterocycles. The normalized spacial score (nSPS) is 12.2. The van der Waals surface area contributed by atoms with E-state index in [1.807, 2.05) is 30.3 Å². The number of carboxylic acids is 1. The second kappa shape index (κ2) is 14.5. The average molecular weight is 428 g/mol. The van der Waals surface area contributed by atoms with Gasteiger partial charge in [-0.3, -0.25) is 19.2 Å². The maximum absolute atomic E-state index is 12.5. The van der Waals surface area contributed by atoms with E-state index in [4.69, 9.17) is 10.8 Å². The lowest BCUT2D eigenvalue weighted by atomic mass is 10.0. The van der Waals surface area contributed by atoms with Crippen LogP contribution in [0.15, 0.2) is 30.3 Å². The van der Waals surface area contributed by atoms with E-state index in [-0.39, 0.29) is 31.8 Å². The van der Waals surface area contributed by atoms with Crippen molar-refractivity contribution in [3.8, 4) is 0 Å². The van der Waals surface area contributed by atoms with Crippen molar-refractivity contribution < 1.29 is 24.3 Å². The maximum Gasteiger partial charge on any atom is 0.303 e. The first kappa shape index (κ1) is 26.6. The van der Waals surface area contributed by atoms with Gasteiger partial charge in [0.25, 0.3) is 5.91 Å². The first-order valence-electron chi connectivity index (χ1n) is 9.43. The number of rotatable bonds is 13. The summed E-state index contributed by atoms with van der Waals surface area (Å²) >= 11 is 0. The van der Waals surface area contributed by atoms with Gasteiger partial charge in [-0.2, -0.15) is 0 Å². The fraction of sp³-hybridized carbons (Fsp3) is 0.500. The van der Waals surface area contributed by atoms with Gasteiger partial charge < -0.3 is 21.5 Å². The monoisotopic (exact) mass is 427 g/mol. The Balaban J connectivity index is 0.00000784. The van der Waals surface area contributed by atoms with Gasteiger partial charge in [0.15, 0.2) is 0 Å². The number of hydrogen-bond donors (Lipinski definition) is 4. The summed E-state index contributed by atoms with van der Waals surface area (Å²) in [7, 11) is 0. The second-order valence-electron chi connectivity index (χ2n) is 6.71. The van der Waals surface area contributed by atoms with Crippen LogP contribution in [0.1, 0.15) is 44.6 Å². The molecule has 0 unspecified atom stereocenters. The first-order valence-corrected chi connectivity index (χ1v) is 9.43. The van der Waals surface area contributed by atoms with Crippen LogP contribution < -0.4 is 16.4 Å². The molecule has 0 spiro atoms. The molecule has 0 saturated carbocycles. The lowest BCUT2D eigenvalue weighted by molar-refractivity contribution is -0.140. The Morgan fingerprint density at radius 1 is 1.07 bits per heavy atom. The number of carbonyl (C=O) groups is 4. The number of hydrogen-bond acceptors (Lipinski definition) is 5. The van der Waals surface area contributed by atoms with Crippen LogP contribution in [0.25, 0.3) is 0 Å². The number of unbranched alkanes of at least 4 members (excludes halogenated alkanes) is 1. The van der Waals surface area contributed by atoms with Crippen LogP contribution in [-0.4, -0.2) is 41.3 Å². The smallest absolute Gasteiger partial charge is 0.303 e. The molecular weight excluding hydrogens is 398 g/mol. The fourth-order valence-corrected chi connectivity index (χ4v) is 2.57. The number of Topliss-reactive ketones (excluding diaryl/α,β-unsaturated/α-hetero) is 1. The van der Waals surface area contributed by atoms with Crippen molar-refractivity contribution in [1.82, 2.24) is 10.6 Å². The topological polar surface area (TPSA) is 139 Å². The minimum atomic E-state index is -0.990. The molecule has 0 radical (unpaired) electrons. The molecule has 0 aliphatic carbocycles. The molecule has 9 heteroatoms. The maximum atomic E-state index is 12.5. The quantitative estimate of drug-likeness (QED) is 0.277. The van der Waals surface area contributed by atoms with Crippen molar-refractivity contribution in [3.05, 3.63) is 35.9 Å². The zero-order valence-electron chi connectivity index (χ0n) is 16.6. The Kier molecular flexibility index (Phi) is 13.3. The Morgan fingerprint density at radius 3 is 2.31 bits per heavy atom. The van der Waals surface area contributed by atoms with Crippen molar-refractivity contribution in [3.63, 3.8) is 0 Å². The number of halogens is 1. The number of ketones is 1. The molecule has 1 aromatic rings. The standard InChI is InChI=1S/C20H29N3O5.ClH/c1-14(10-11-17(24)25)19(27)23-16(9-5-6-12-21)18(26)20(28)22-13-15-7-3-2-4-8-15;/h2-4,7-8,14,16H,5-6,9-13,21H2,1H3,(H,22,28)(H,23,27)(H,24,25);1H/t14-,16-;/m0./s1. The minimum Gasteiger partial charge on any atom is -0.481 e. The highest BCUT2D eigenvalue weighted by Crippen LogP contribution is 2.09. The van der Waals surface area contributed by atoms with Crippen molar-refractivity contribution in [2.75, 3.05) is 6.54 Å². The highest BCUT2D eigenvalue weighted by Gasteiger charge is 2.28. The van der Waals surface area contributed by atoms with Crippen LogP contribution in [0.5, 0.6) is 0 Å². The van der Waals surface area contributed by atoms with Crippen LogP contribution >= 0.6 is 12.4 Å². The van der Waals surface area contributed by atoms with Crippen molar-refractivity contribution in [2.24, 2.45) is 11.7 Å². The van der Waals surface area contributed by atoms with E-state index < -0.39 is 35.5 Å². The molecule has 1 aromatic carbocycles. The molecular formula is C20H30ClN3O5. The van der Waals surface area contributed by atoms with Crippen LogP contribution in [-0.2, 0) is 25.7 Å². The molecule has 0 aliphatic rings. The molecule has 0 aromatic heterocycles. The van der Waals surface area contributed by atoms with Crippen LogP contribution in [0.2, 0.25) is 0 Å². The number of amides is 2. The van der Waals surface area contributed by atoms with Crippen molar-refractivity contribution in [1.29, 1.82) is 0 Å². The predicted octanol–water partition coefficient (Wildman–Crippen LogP) is 1.41. The summed E-state index contributed by atoms with van der Waals surface area (Å²) in [5.41, 5.74) is 6.33. The van der Waals surface area contributed by atoms with Crippen molar-refractivity contribution in [2.45, 2.75) is 51.6 Å². The minimum absolute atomic E-state index is 0. The third-order valence-electron chi connectivity index (χ3n) is 4.34. The van der Waals surface area contributed by atoms with Gasteiger partial charge in [-0.25, -0.2) is 0 Å². The first-order chi connectivity index (χ1) is 13.3. The number of nitrogens with two attached hydrogens (primary N) is 1. The van der Waals surface area contributed by atoms with Gasteiger partial charge in [0.1, 0.15) is 0 Å². The molecule has 29 heavy (non-hydrogen) atoms. The molecule has 5 N–H and O–H groups in total. The molecule has 2 atom stereocenters. The largest absolute Gasteiger partial charge is 0.481 e. The summed E-state index contributed by atoms with van der Waals surface area (Å²) < 4.78 is 0. The second-order valence-corrected chi connectivity index (χ2v) is 6.71. The van der Waals surface area contributed by atoms with Crippen LogP contribution in [0.4, 0.5) is 0 Å². The van der Waals surface area contributed by atoms with Gasteiger partial charge in [-0.15, -0.1) is 12.4 Å². The molecule has 0 bridgehead atoms. The number of carbonyl (C=O) groups excluding carboxylic acids is 3. The van der Waals surface area contributed by atoms with Crippen molar-refractivity contribution >= 4 is 36.0 Å². The van der Waals surface area contributed by atoms with Gasteiger partial charge >= 0.3 is 5.97 Å². The van der Waals surface area contributed by atoms with Gasteiger partial charge in [0.05, 0.1) is 6.04 Å². The summed E-state index contributed by atoms with van der Waals surface area (Å²) in [6.45, 7) is 2.25. The Hall–Kier alpha value is -2.45. The van der Waals surface area contributed by atoms with E-state index in [1.165, 1.54) is 0 Å². The molecule has 0 heterocycles. The number of aliphatic carboxylic acids is 1. The van der Waals surface area contributed by atoms with Gasteiger partial charge in [0.2, 0.25) is 11.7 Å². The van der Waals surface area contributed by atoms with E-state index in [0.29, 0.717) is 25.8 Å². The summed E-state index contributed by atoms with van der Waals surface area (Å²) in [4.78, 5) is 47.7. The third-order valence-corrected chi connectivity index (χ3v) is 4.34. The Labute approximate surface area is 177 Å². The van der Waals surface area contributed by atoms with Crippen LogP contribution in [0, 0.1) is 5.92 Å². The fourth-order valence-electron chi connectivity index (χ4n) is 2.57. The highest BCUT2D eigenvalue weighted by molar-refractivity contribution is 6.38. The molecule has 0 aliphatic heterocycles. The zero-order valence-corrected chi connectivity index (χ0v) is 17.4. The molecule has 0 fully saturated rings. The lowest BCUT2D eigenvalue weighted by Gasteiger charge is -2.19. The summed E-state index contributed by atoms with van der Waals surface area (Å²) in [6, 6.07) is 8.22. The third kappa shape index (κ3) is 10.6. The summed E-state index contributed by atoms with van der Waals surface area (Å²) in [5, 5.41) is 13.9. The number of nitrogens with one attached hydrogen (secondary N) is 2. The highest BCUT2D eigenvalue weighted by atomic mass is 35.5. The predicted molar refractivity (Wildman–Crippen MR) is 111 cm³/mol. The Bertz CT molecular complexity index is 669. The van der Waals surface area contributed by atoms with Crippen LogP contribution in [0.3, 0.4) is 0 Å². The van der Waals surface area contributed by atoms with Gasteiger partial charge in [0, 0.05) is 18.9 Å². The van der Waals surface area contributed by atoms with E-state index >= 15 is 0 Å². The van der Waals surface area contributed by atoms with Gasteiger partial charge in [-0.05, 0) is 37.8 Å². The summed E-state index contributed by atoms with van der Waals surface area (Å²) in [5.74, 6) is -3.49. The molecule has 1 rings (SSSR count). The zero-order chi connectivity index (χ0) is 20.9. The molecule has 162 valence electrons. The molecule has 2 amide bonds. The van der Waals surface area contributed by atoms with E-state index in [9.17, 15) is 19.2 Å². The van der Waals surface area contributed by atoms with E-state index in [2.05, 4.69) is 10.6 Å². The Morgan fingerprint density at radius 2 is 1.72 bits per heavy atom. The molecule has 8 nitrogen and oxygen atoms in total. The number of benzene rings is 1. The average Bonchev–Trinajstić information content (AvgIpc) is 2.69. The van der Waals surface area contributed by atoms with E-state index in [0.717, 1.165) is 5.56 Å². The van der Waals surface area contributed by atoms with Gasteiger partial charge in [-0.1, -0.05) is 37.3 Å².